The number of ether oxygens (including phenoxy) is 3. The van der Waals surface area contributed by atoms with Crippen LogP contribution in [-0.2, 0) is 37.0 Å². The van der Waals surface area contributed by atoms with Crippen molar-refractivity contribution in [3.05, 3.63) is 120 Å². The van der Waals surface area contributed by atoms with Crippen LogP contribution in [0.3, 0.4) is 0 Å². The summed E-state index contributed by atoms with van der Waals surface area (Å²) >= 11 is 0. The number of para-hydroxylation sites is 2. The molecule has 0 saturated heterocycles. The summed E-state index contributed by atoms with van der Waals surface area (Å²) in [7, 11) is 0. The van der Waals surface area contributed by atoms with E-state index >= 15 is 0 Å². The Hall–Kier alpha value is -5.64. The van der Waals surface area contributed by atoms with E-state index in [2.05, 4.69) is 0 Å². The molecule has 10 heteroatoms. The highest BCUT2D eigenvalue weighted by Gasteiger charge is 2.65. The normalized spacial score (nSPS) is 17.6. The van der Waals surface area contributed by atoms with Crippen LogP contribution >= 0.6 is 0 Å². The molecule has 1 N–H and O–H groups in total. The molecule has 0 bridgehead atoms. The maximum atomic E-state index is 14.5. The monoisotopic (exact) mass is 720 g/mol. The molecule has 2 amide bonds. The maximum Gasteiger partial charge on any atom is 0.310 e. The minimum Gasteiger partial charge on any atom is -0.481 e. The smallest absolute Gasteiger partial charge is 0.310 e. The first-order valence-electron chi connectivity index (χ1n) is 18.3. The van der Waals surface area contributed by atoms with E-state index in [4.69, 9.17) is 14.2 Å². The van der Waals surface area contributed by atoms with Gasteiger partial charge in [-0.15, -0.1) is 0 Å². The molecule has 4 atom stereocenters. The van der Waals surface area contributed by atoms with Crippen molar-refractivity contribution >= 4 is 23.8 Å². The lowest BCUT2D eigenvalue weighted by molar-refractivity contribution is -0.190. The van der Waals surface area contributed by atoms with Crippen LogP contribution in [0.5, 0.6) is 23.0 Å². The van der Waals surface area contributed by atoms with E-state index in [0.29, 0.717) is 55.4 Å². The van der Waals surface area contributed by atoms with Crippen molar-refractivity contribution in [1.82, 2.24) is 9.80 Å². The number of benzene rings is 4. The van der Waals surface area contributed by atoms with Gasteiger partial charge in [0.15, 0.2) is 0 Å². The number of rotatable bonds is 18. The molecule has 4 unspecified atom stereocenters. The minimum absolute atomic E-state index is 0.0865. The summed E-state index contributed by atoms with van der Waals surface area (Å²) in [4.78, 5) is 58.5. The summed E-state index contributed by atoms with van der Waals surface area (Å²) in [6, 6.07) is 33.5. The van der Waals surface area contributed by atoms with E-state index in [9.17, 15) is 24.3 Å². The first-order valence-corrected chi connectivity index (χ1v) is 18.3. The lowest BCUT2D eigenvalue weighted by Gasteiger charge is -2.49. The number of hydrogen-bond donors (Lipinski definition) is 1. The first kappa shape index (κ1) is 38.6. The average Bonchev–Trinajstić information content (AvgIpc) is 3.15. The van der Waals surface area contributed by atoms with Crippen molar-refractivity contribution in [1.29, 1.82) is 0 Å². The Labute approximate surface area is 311 Å². The molecule has 0 aromatic heterocycles. The highest BCUT2D eigenvalue weighted by Crippen LogP contribution is 2.49. The van der Waals surface area contributed by atoms with Gasteiger partial charge in [-0.1, -0.05) is 81.4 Å². The molecular formula is C43H48N2O8. The van der Waals surface area contributed by atoms with Gasteiger partial charge in [0, 0.05) is 26.2 Å². The standard InChI is InChI=1S/C43H48N2O8/c1-4-25-44(28-30-17-21-34(22-18-30)52-32-13-9-7-10-14-32)40(46)36-37(39(38(36)42(48)49)43(50)51-27-6-3)41(47)45(26-5-2)29-31-19-23-35(24-20-31)53-33-15-11-8-12-16-33/h7-24,36-39H,4-6,25-29H2,1-3H3,(H,48,49). The van der Waals surface area contributed by atoms with Crippen molar-refractivity contribution < 1.29 is 38.5 Å². The topological polar surface area (TPSA) is 123 Å². The van der Waals surface area contributed by atoms with E-state index in [0.717, 1.165) is 11.1 Å². The van der Waals surface area contributed by atoms with Crippen LogP contribution in [0.25, 0.3) is 0 Å². The van der Waals surface area contributed by atoms with Crippen molar-refractivity contribution in [2.75, 3.05) is 19.7 Å². The number of carbonyl (C=O) groups is 4. The van der Waals surface area contributed by atoms with Crippen molar-refractivity contribution in [3.8, 4) is 23.0 Å². The van der Waals surface area contributed by atoms with Gasteiger partial charge in [0.25, 0.3) is 0 Å². The average molecular weight is 721 g/mol. The molecule has 278 valence electrons. The number of carboxylic acids is 1. The van der Waals surface area contributed by atoms with E-state index in [-0.39, 0.29) is 19.7 Å². The molecule has 1 saturated carbocycles. The fraction of sp³-hybridized carbons (Fsp3) is 0.349. The van der Waals surface area contributed by atoms with Gasteiger partial charge >= 0.3 is 11.9 Å². The van der Waals surface area contributed by atoms with Crippen LogP contribution in [-0.4, -0.2) is 58.4 Å². The van der Waals surface area contributed by atoms with Gasteiger partial charge in [0.05, 0.1) is 30.3 Å². The Bertz CT molecular complexity index is 1800. The third-order valence-electron chi connectivity index (χ3n) is 9.29. The first-order chi connectivity index (χ1) is 25.7. The molecule has 0 aliphatic heterocycles. The van der Waals surface area contributed by atoms with Gasteiger partial charge in [0.1, 0.15) is 23.0 Å². The van der Waals surface area contributed by atoms with Crippen LogP contribution in [0.1, 0.15) is 51.2 Å². The van der Waals surface area contributed by atoms with Gasteiger partial charge in [0.2, 0.25) is 11.8 Å². The number of hydrogen-bond acceptors (Lipinski definition) is 7. The van der Waals surface area contributed by atoms with Crippen molar-refractivity contribution in [2.45, 2.75) is 53.1 Å². The molecule has 10 nitrogen and oxygen atoms in total. The third-order valence-corrected chi connectivity index (χ3v) is 9.29. The molecule has 53 heavy (non-hydrogen) atoms. The highest BCUT2D eigenvalue weighted by molar-refractivity contribution is 6.00. The van der Waals surface area contributed by atoms with Crippen molar-refractivity contribution in [2.24, 2.45) is 23.7 Å². The van der Waals surface area contributed by atoms with E-state index in [1.165, 1.54) is 0 Å². The number of esters is 1. The Morgan fingerprint density at radius 2 is 0.925 bits per heavy atom. The molecule has 1 fully saturated rings. The zero-order chi connectivity index (χ0) is 37.7. The van der Waals surface area contributed by atoms with E-state index < -0.39 is 47.4 Å². The second-order valence-electron chi connectivity index (χ2n) is 13.2. The SMILES string of the molecule is CCCOC(=O)C1C(C(=O)O)C(C(=O)N(CCC)Cc2ccc(Oc3ccccc3)cc2)C1C(=O)N(CCC)Cc1ccc(Oc2ccccc2)cc1. The van der Waals surface area contributed by atoms with Gasteiger partial charge in [-0.2, -0.15) is 0 Å². The van der Waals surface area contributed by atoms with Crippen LogP contribution < -0.4 is 9.47 Å². The molecule has 5 rings (SSSR count). The number of carbonyl (C=O) groups excluding carboxylic acids is 3. The maximum absolute atomic E-state index is 14.5. The number of nitrogens with zero attached hydrogens (tertiary/aromatic N) is 2. The fourth-order valence-electron chi connectivity index (χ4n) is 6.77. The molecular weight excluding hydrogens is 672 g/mol. The van der Waals surface area contributed by atoms with Crippen LogP contribution in [0.2, 0.25) is 0 Å². The Morgan fingerprint density at radius 1 is 0.528 bits per heavy atom. The van der Waals surface area contributed by atoms with E-state index in [1.54, 1.807) is 9.80 Å². The number of aliphatic carboxylic acids is 1. The Kier molecular flexibility index (Phi) is 13.6. The fourth-order valence-corrected chi connectivity index (χ4v) is 6.77. The van der Waals surface area contributed by atoms with Crippen LogP contribution in [0, 0.1) is 23.7 Å². The Morgan fingerprint density at radius 3 is 1.30 bits per heavy atom. The molecule has 0 heterocycles. The van der Waals surface area contributed by atoms with E-state index in [1.807, 2.05) is 130 Å². The molecule has 4 aromatic rings. The number of carboxylic acid groups (broad SMARTS) is 1. The summed E-state index contributed by atoms with van der Waals surface area (Å²) in [5.74, 6) is -5.46. The predicted molar refractivity (Wildman–Crippen MR) is 200 cm³/mol. The van der Waals surface area contributed by atoms with Crippen molar-refractivity contribution in [3.63, 3.8) is 0 Å². The lowest BCUT2D eigenvalue weighted by Crippen LogP contribution is -2.64. The van der Waals surface area contributed by atoms with Gasteiger partial charge in [-0.25, -0.2) is 0 Å². The van der Waals surface area contributed by atoms with Crippen LogP contribution in [0.4, 0.5) is 0 Å². The summed E-state index contributed by atoms with van der Waals surface area (Å²) in [6.07, 6.45) is 1.76. The second-order valence-corrected chi connectivity index (χ2v) is 13.2. The zero-order valence-corrected chi connectivity index (χ0v) is 30.6. The third kappa shape index (κ3) is 9.83. The summed E-state index contributed by atoms with van der Waals surface area (Å²) < 4.78 is 17.3. The minimum atomic E-state index is -1.40. The van der Waals surface area contributed by atoms with Gasteiger partial charge in [-0.3, -0.25) is 19.2 Å². The summed E-state index contributed by atoms with van der Waals surface area (Å²) in [5, 5.41) is 10.4. The molecule has 1 aliphatic carbocycles. The summed E-state index contributed by atoms with van der Waals surface area (Å²) in [5.41, 5.74) is 1.63. The molecule has 4 aromatic carbocycles. The van der Waals surface area contributed by atoms with Crippen LogP contribution in [0.15, 0.2) is 109 Å². The predicted octanol–water partition coefficient (Wildman–Crippen LogP) is 7.96. The van der Waals surface area contributed by atoms with Gasteiger partial charge < -0.3 is 29.1 Å². The second kappa shape index (κ2) is 18.7. The molecule has 0 spiro atoms. The Balaban J connectivity index is 1.38. The van der Waals surface area contributed by atoms with Gasteiger partial charge in [-0.05, 0) is 78.9 Å². The summed E-state index contributed by atoms with van der Waals surface area (Å²) in [6.45, 7) is 6.88. The quantitative estimate of drug-likeness (QED) is 0.103. The largest absolute Gasteiger partial charge is 0.481 e. The number of amides is 2. The molecule has 0 radical (unpaired) electrons. The molecule has 1 aliphatic rings. The lowest BCUT2D eigenvalue weighted by atomic mass is 9.55. The highest BCUT2D eigenvalue weighted by atomic mass is 16.5. The zero-order valence-electron chi connectivity index (χ0n) is 30.6.